The van der Waals surface area contributed by atoms with Crippen LogP contribution in [0.15, 0.2) is 53.4 Å². The number of amides is 2. The fourth-order valence-electron chi connectivity index (χ4n) is 3.23. The number of carbonyl (C=O) groups is 2. The fraction of sp³-hybridized carbons (Fsp3) is 0.440. The molecule has 2 amide bonds. The Labute approximate surface area is 202 Å². The van der Waals surface area contributed by atoms with Crippen LogP contribution >= 0.6 is 0 Å². The van der Waals surface area contributed by atoms with Gasteiger partial charge in [0.25, 0.3) is 0 Å². The molecule has 8 nitrogen and oxygen atoms in total. The van der Waals surface area contributed by atoms with E-state index in [0.29, 0.717) is 5.75 Å². The third-order valence-electron chi connectivity index (χ3n) is 5.77. The number of hydrogen-bond donors (Lipinski definition) is 1. The van der Waals surface area contributed by atoms with E-state index in [2.05, 4.69) is 5.32 Å². The molecular weight excluding hydrogens is 454 g/mol. The van der Waals surface area contributed by atoms with E-state index in [1.54, 1.807) is 38.3 Å². The minimum absolute atomic E-state index is 0.0440. The van der Waals surface area contributed by atoms with Crippen molar-refractivity contribution in [3.8, 4) is 5.75 Å². The molecule has 0 bridgehead atoms. The summed E-state index contributed by atoms with van der Waals surface area (Å²) in [5, 5.41) is 2.90. The minimum Gasteiger partial charge on any atom is -0.497 e. The van der Waals surface area contributed by atoms with Gasteiger partial charge in [-0.3, -0.25) is 9.59 Å². The van der Waals surface area contributed by atoms with Crippen LogP contribution in [0.5, 0.6) is 5.75 Å². The molecule has 34 heavy (non-hydrogen) atoms. The SMILES string of the molecule is CC[C@@H](C)NC(=O)[C@@H](C)N(Cc1ccc(OC)cc1)C(=O)CN(C)S(=O)(=O)c1ccc(C)cc1. The Balaban J connectivity index is 2.27. The molecule has 9 heteroatoms. The first-order valence-corrected chi connectivity index (χ1v) is 12.7. The van der Waals surface area contributed by atoms with Gasteiger partial charge in [-0.05, 0) is 57.0 Å². The maximum atomic E-state index is 13.3. The lowest BCUT2D eigenvalue weighted by Crippen LogP contribution is -2.51. The average Bonchev–Trinajstić information content (AvgIpc) is 2.82. The van der Waals surface area contributed by atoms with Crippen LogP contribution in [0.2, 0.25) is 0 Å². The summed E-state index contributed by atoms with van der Waals surface area (Å²) in [6.07, 6.45) is 0.752. The molecule has 0 spiro atoms. The molecule has 186 valence electrons. The Bertz CT molecular complexity index is 1070. The van der Waals surface area contributed by atoms with E-state index in [1.807, 2.05) is 32.9 Å². The van der Waals surface area contributed by atoms with Crippen LogP contribution in [0.1, 0.15) is 38.3 Å². The van der Waals surface area contributed by atoms with E-state index >= 15 is 0 Å². The second-order valence-corrected chi connectivity index (χ2v) is 10.5. The van der Waals surface area contributed by atoms with E-state index < -0.39 is 28.5 Å². The van der Waals surface area contributed by atoms with Gasteiger partial charge < -0.3 is 15.0 Å². The van der Waals surface area contributed by atoms with Crippen molar-refractivity contribution in [3.05, 3.63) is 59.7 Å². The van der Waals surface area contributed by atoms with Gasteiger partial charge in [-0.25, -0.2) is 8.42 Å². The molecule has 0 fully saturated rings. The number of methoxy groups -OCH3 is 1. The Kier molecular flexibility index (Phi) is 9.64. The van der Waals surface area contributed by atoms with Crippen molar-refractivity contribution in [1.82, 2.24) is 14.5 Å². The molecule has 0 radical (unpaired) electrons. The van der Waals surface area contributed by atoms with Crippen molar-refractivity contribution in [1.29, 1.82) is 0 Å². The summed E-state index contributed by atoms with van der Waals surface area (Å²) < 4.78 is 32.2. The third kappa shape index (κ3) is 7.04. The molecule has 2 aromatic carbocycles. The van der Waals surface area contributed by atoms with Crippen LogP contribution in [-0.4, -0.2) is 62.2 Å². The maximum absolute atomic E-state index is 13.3. The van der Waals surface area contributed by atoms with E-state index in [1.165, 1.54) is 24.1 Å². The number of rotatable bonds is 11. The maximum Gasteiger partial charge on any atom is 0.243 e. The molecule has 2 atom stereocenters. The van der Waals surface area contributed by atoms with E-state index in [4.69, 9.17) is 4.74 Å². The predicted octanol–water partition coefficient (Wildman–Crippen LogP) is 2.96. The summed E-state index contributed by atoms with van der Waals surface area (Å²) in [6.45, 7) is 7.12. The smallest absolute Gasteiger partial charge is 0.243 e. The van der Waals surface area contributed by atoms with Crippen LogP contribution in [0.3, 0.4) is 0 Å². The number of carbonyl (C=O) groups excluding carboxylic acids is 2. The number of aryl methyl sites for hydroxylation is 1. The first-order valence-electron chi connectivity index (χ1n) is 11.2. The third-order valence-corrected chi connectivity index (χ3v) is 7.59. The van der Waals surface area contributed by atoms with E-state index in [0.717, 1.165) is 21.9 Å². The van der Waals surface area contributed by atoms with E-state index in [-0.39, 0.29) is 23.4 Å². The lowest BCUT2D eigenvalue weighted by Gasteiger charge is -2.31. The van der Waals surface area contributed by atoms with Gasteiger partial charge in [0.05, 0.1) is 18.6 Å². The van der Waals surface area contributed by atoms with Crippen molar-refractivity contribution in [2.75, 3.05) is 20.7 Å². The van der Waals surface area contributed by atoms with Gasteiger partial charge in [0.2, 0.25) is 21.8 Å². The predicted molar refractivity (Wildman–Crippen MR) is 132 cm³/mol. The number of nitrogens with one attached hydrogen (secondary N) is 1. The summed E-state index contributed by atoms with van der Waals surface area (Å²) >= 11 is 0. The average molecular weight is 490 g/mol. The van der Waals surface area contributed by atoms with Crippen LogP contribution in [0, 0.1) is 6.92 Å². The van der Waals surface area contributed by atoms with Gasteiger partial charge >= 0.3 is 0 Å². The largest absolute Gasteiger partial charge is 0.497 e. The fourth-order valence-corrected chi connectivity index (χ4v) is 4.35. The molecule has 2 aromatic rings. The van der Waals surface area contributed by atoms with Gasteiger partial charge in [0.1, 0.15) is 11.8 Å². The van der Waals surface area contributed by atoms with Crippen LogP contribution < -0.4 is 10.1 Å². The molecular formula is C25H35N3O5S. The van der Waals surface area contributed by atoms with Crippen LogP contribution in [-0.2, 0) is 26.2 Å². The van der Waals surface area contributed by atoms with Crippen molar-refractivity contribution < 1.29 is 22.7 Å². The molecule has 0 aliphatic carbocycles. The summed E-state index contributed by atoms with van der Waals surface area (Å²) in [6, 6.07) is 12.8. The highest BCUT2D eigenvalue weighted by Crippen LogP contribution is 2.18. The molecule has 0 aromatic heterocycles. The second-order valence-electron chi connectivity index (χ2n) is 8.44. The van der Waals surface area contributed by atoms with Gasteiger partial charge in [0, 0.05) is 19.6 Å². The lowest BCUT2D eigenvalue weighted by molar-refractivity contribution is -0.140. The zero-order valence-electron chi connectivity index (χ0n) is 20.7. The first kappa shape index (κ1) is 27.3. The second kappa shape index (κ2) is 12.0. The zero-order valence-corrected chi connectivity index (χ0v) is 21.6. The Morgan fingerprint density at radius 3 is 2.15 bits per heavy atom. The Hall–Kier alpha value is -2.91. The molecule has 0 aliphatic heterocycles. The normalized spacial score (nSPS) is 13.3. The number of benzene rings is 2. The number of hydrogen-bond acceptors (Lipinski definition) is 5. The number of nitrogens with zero attached hydrogens (tertiary/aromatic N) is 2. The van der Waals surface area contributed by atoms with Crippen molar-refractivity contribution >= 4 is 21.8 Å². The quantitative estimate of drug-likeness (QED) is 0.524. The monoisotopic (exact) mass is 489 g/mol. The topological polar surface area (TPSA) is 96.0 Å². The number of likely N-dealkylation sites (N-methyl/N-ethyl adjacent to an activating group) is 1. The lowest BCUT2D eigenvalue weighted by atomic mass is 10.1. The van der Waals surface area contributed by atoms with Crippen molar-refractivity contribution in [3.63, 3.8) is 0 Å². The van der Waals surface area contributed by atoms with Gasteiger partial charge in [-0.1, -0.05) is 36.8 Å². The Morgan fingerprint density at radius 2 is 1.62 bits per heavy atom. The highest BCUT2D eigenvalue weighted by Gasteiger charge is 2.30. The van der Waals surface area contributed by atoms with Crippen LogP contribution in [0.25, 0.3) is 0 Å². The van der Waals surface area contributed by atoms with Crippen molar-refractivity contribution in [2.24, 2.45) is 0 Å². The molecule has 0 heterocycles. The van der Waals surface area contributed by atoms with Crippen molar-refractivity contribution in [2.45, 2.75) is 57.6 Å². The molecule has 0 aliphatic rings. The standard InChI is InChI=1S/C25H35N3O5S/c1-7-19(3)26-25(30)20(4)28(16-21-10-12-22(33-6)13-11-21)24(29)17-27(5)34(31,32)23-14-8-18(2)9-15-23/h8-15,19-20H,7,16-17H2,1-6H3,(H,26,30)/t19-,20-/m1/s1. The highest BCUT2D eigenvalue weighted by atomic mass is 32.2. The molecule has 0 unspecified atom stereocenters. The molecule has 2 rings (SSSR count). The summed E-state index contributed by atoms with van der Waals surface area (Å²) in [5.74, 6) is -0.0887. The number of ether oxygens (including phenoxy) is 1. The zero-order chi connectivity index (χ0) is 25.5. The molecule has 0 saturated heterocycles. The summed E-state index contributed by atoms with van der Waals surface area (Å²) in [4.78, 5) is 27.7. The molecule has 1 N–H and O–H groups in total. The minimum atomic E-state index is -3.87. The molecule has 0 saturated carbocycles. The van der Waals surface area contributed by atoms with Crippen LogP contribution in [0.4, 0.5) is 0 Å². The van der Waals surface area contributed by atoms with Gasteiger partial charge in [-0.15, -0.1) is 0 Å². The first-order chi connectivity index (χ1) is 16.0. The van der Waals surface area contributed by atoms with E-state index in [9.17, 15) is 18.0 Å². The van der Waals surface area contributed by atoms with Gasteiger partial charge in [0.15, 0.2) is 0 Å². The van der Waals surface area contributed by atoms with Gasteiger partial charge in [-0.2, -0.15) is 4.31 Å². The summed E-state index contributed by atoms with van der Waals surface area (Å²) in [7, 11) is -0.937. The Morgan fingerprint density at radius 1 is 1.03 bits per heavy atom. The summed E-state index contributed by atoms with van der Waals surface area (Å²) in [5.41, 5.74) is 1.73. The highest BCUT2D eigenvalue weighted by molar-refractivity contribution is 7.89. The number of sulfonamides is 1.